The van der Waals surface area contributed by atoms with Gasteiger partial charge in [-0.15, -0.1) is 0 Å². The number of methoxy groups -OCH3 is 2. The number of halogens is 2. The minimum Gasteiger partial charge on any atom is -0.497 e. The van der Waals surface area contributed by atoms with Crippen molar-refractivity contribution in [2.45, 2.75) is 0 Å². The lowest BCUT2D eigenvalue weighted by molar-refractivity contribution is 0.394. The number of nitriles is 1. The first kappa shape index (κ1) is 16.2. The Morgan fingerprint density at radius 1 is 1.09 bits per heavy atom. The van der Waals surface area contributed by atoms with Gasteiger partial charge in [-0.3, -0.25) is 0 Å². The van der Waals surface area contributed by atoms with E-state index in [2.05, 4.69) is 6.07 Å². The van der Waals surface area contributed by atoms with Gasteiger partial charge in [0.2, 0.25) is 0 Å². The first-order valence-electron chi connectivity index (χ1n) is 6.38. The van der Waals surface area contributed by atoms with Crippen LogP contribution in [0.3, 0.4) is 0 Å². The second-order valence-electron chi connectivity index (χ2n) is 4.40. The van der Waals surface area contributed by atoms with Crippen LogP contribution in [0.2, 0.25) is 10.0 Å². The Hall–Kier alpha value is -2.15. The number of hydrogen-bond acceptors (Lipinski definition) is 3. The molecule has 0 aliphatic rings. The molecule has 0 fully saturated rings. The SMILES string of the molecule is COc1ccc(/C=C(\C#N)c2ccc(Cl)cc2Cl)c(OC)c1. The molecule has 2 aromatic rings. The summed E-state index contributed by atoms with van der Waals surface area (Å²) >= 11 is 12.0. The Morgan fingerprint density at radius 2 is 1.86 bits per heavy atom. The third-order valence-electron chi connectivity index (χ3n) is 3.08. The van der Waals surface area contributed by atoms with Crippen molar-refractivity contribution in [3.05, 3.63) is 57.6 Å². The quantitative estimate of drug-likeness (QED) is 0.579. The molecule has 0 aliphatic heterocycles. The van der Waals surface area contributed by atoms with Gasteiger partial charge in [0.15, 0.2) is 0 Å². The van der Waals surface area contributed by atoms with Crippen LogP contribution < -0.4 is 9.47 Å². The van der Waals surface area contributed by atoms with Gasteiger partial charge in [0.1, 0.15) is 11.5 Å². The summed E-state index contributed by atoms with van der Waals surface area (Å²) in [7, 11) is 3.14. The third kappa shape index (κ3) is 3.54. The van der Waals surface area contributed by atoms with E-state index in [9.17, 15) is 5.26 Å². The fourth-order valence-corrected chi connectivity index (χ4v) is 2.48. The first-order valence-corrected chi connectivity index (χ1v) is 7.14. The van der Waals surface area contributed by atoms with Crippen molar-refractivity contribution in [3.8, 4) is 17.6 Å². The molecule has 0 aliphatic carbocycles. The zero-order chi connectivity index (χ0) is 16.1. The van der Waals surface area contributed by atoms with Crippen molar-refractivity contribution in [1.29, 1.82) is 5.26 Å². The predicted octanol–water partition coefficient (Wildman–Crippen LogP) is 5.07. The van der Waals surface area contributed by atoms with Gasteiger partial charge >= 0.3 is 0 Å². The number of allylic oxidation sites excluding steroid dienone is 1. The molecule has 2 aromatic carbocycles. The highest BCUT2D eigenvalue weighted by atomic mass is 35.5. The number of benzene rings is 2. The van der Waals surface area contributed by atoms with E-state index in [1.807, 2.05) is 6.07 Å². The van der Waals surface area contributed by atoms with Crippen LogP contribution >= 0.6 is 23.2 Å². The molecule has 0 N–H and O–H groups in total. The minimum atomic E-state index is 0.421. The van der Waals surface area contributed by atoms with Gasteiger partial charge in [0.05, 0.1) is 30.9 Å². The van der Waals surface area contributed by atoms with Gasteiger partial charge in [0.25, 0.3) is 0 Å². The molecule has 0 radical (unpaired) electrons. The lowest BCUT2D eigenvalue weighted by Crippen LogP contribution is -1.91. The smallest absolute Gasteiger partial charge is 0.129 e. The summed E-state index contributed by atoms with van der Waals surface area (Å²) in [6.07, 6.45) is 1.72. The molecule has 3 nitrogen and oxygen atoms in total. The van der Waals surface area contributed by atoms with Gasteiger partial charge in [-0.05, 0) is 30.3 Å². The van der Waals surface area contributed by atoms with Crippen molar-refractivity contribution in [3.63, 3.8) is 0 Å². The van der Waals surface area contributed by atoms with E-state index >= 15 is 0 Å². The maximum Gasteiger partial charge on any atom is 0.129 e. The van der Waals surface area contributed by atoms with Crippen molar-refractivity contribution in [2.24, 2.45) is 0 Å². The Balaban J connectivity index is 2.52. The van der Waals surface area contributed by atoms with E-state index in [-0.39, 0.29) is 0 Å². The molecule has 0 aromatic heterocycles. The molecule has 0 saturated carbocycles. The minimum absolute atomic E-state index is 0.421. The van der Waals surface area contributed by atoms with Crippen LogP contribution in [-0.2, 0) is 0 Å². The molecule has 0 amide bonds. The van der Waals surface area contributed by atoms with Crippen LogP contribution in [0.15, 0.2) is 36.4 Å². The first-order chi connectivity index (χ1) is 10.6. The standard InChI is InChI=1S/C17H13Cl2NO2/c1-21-14-5-3-11(17(9-14)22-2)7-12(10-20)15-6-4-13(18)8-16(15)19/h3-9H,1-2H3/b12-7+. The maximum absolute atomic E-state index is 9.42. The van der Waals surface area contributed by atoms with Gasteiger partial charge < -0.3 is 9.47 Å². The van der Waals surface area contributed by atoms with Gasteiger partial charge in [0, 0.05) is 22.2 Å². The van der Waals surface area contributed by atoms with Crippen LogP contribution in [0.1, 0.15) is 11.1 Å². The van der Waals surface area contributed by atoms with Crippen molar-refractivity contribution < 1.29 is 9.47 Å². The number of ether oxygens (including phenoxy) is 2. The lowest BCUT2D eigenvalue weighted by Gasteiger charge is -2.09. The summed E-state index contributed by atoms with van der Waals surface area (Å²) in [6, 6.07) is 12.5. The molecule has 0 saturated heterocycles. The molecule has 112 valence electrons. The van der Waals surface area contributed by atoms with E-state index in [1.165, 1.54) is 0 Å². The van der Waals surface area contributed by atoms with Crippen LogP contribution in [0.25, 0.3) is 11.6 Å². The molecule has 2 rings (SSSR count). The molecule has 0 bridgehead atoms. The molecule has 0 spiro atoms. The second-order valence-corrected chi connectivity index (χ2v) is 5.25. The van der Waals surface area contributed by atoms with E-state index in [0.29, 0.717) is 32.7 Å². The van der Waals surface area contributed by atoms with E-state index in [4.69, 9.17) is 32.7 Å². The number of nitrogens with zero attached hydrogens (tertiary/aromatic N) is 1. The van der Waals surface area contributed by atoms with Gasteiger partial charge in [-0.2, -0.15) is 5.26 Å². The number of hydrogen-bond donors (Lipinski definition) is 0. The fraction of sp³-hybridized carbons (Fsp3) is 0.118. The highest BCUT2D eigenvalue weighted by Gasteiger charge is 2.09. The fourth-order valence-electron chi connectivity index (χ4n) is 1.97. The Kier molecular flexibility index (Phi) is 5.32. The predicted molar refractivity (Wildman–Crippen MR) is 89.5 cm³/mol. The van der Waals surface area contributed by atoms with Crippen LogP contribution in [0.5, 0.6) is 11.5 Å². The molecule has 5 heteroatoms. The lowest BCUT2D eigenvalue weighted by atomic mass is 10.0. The largest absolute Gasteiger partial charge is 0.497 e. The van der Waals surface area contributed by atoms with E-state index < -0.39 is 0 Å². The summed E-state index contributed by atoms with van der Waals surface area (Å²) < 4.78 is 10.5. The van der Waals surface area contributed by atoms with Gasteiger partial charge in [-0.25, -0.2) is 0 Å². The Morgan fingerprint density at radius 3 is 2.45 bits per heavy atom. The average molecular weight is 334 g/mol. The van der Waals surface area contributed by atoms with Crippen LogP contribution in [0.4, 0.5) is 0 Å². The molecular weight excluding hydrogens is 321 g/mol. The maximum atomic E-state index is 9.42. The average Bonchev–Trinajstić information content (AvgIpc) is 2.53. The molecule has 0 unspecified atom stereocenters. The highest BCUT2D eigenvalue weighted by Crippen LogP contribution is 2.31. The molecule has 22 heavy (non-hydrogen) atoms. The topological polar surface area (TPSA) is 42.2 Å². The zero-order valence-electron chi connectivity index (χ0n) is 12.1. The Labute approximate surface area is 139 Å². The van der Waals surface area contributed by atoms with Crippen molar-refractivity contribution in [2.75, 3.05) is 14.2 Å². The molecule has 0 heterocycles. The molecular formula is C17H13Cl2NO2. The Bertz CT molecular complexity index is 764. The third-order valence-corrected chi connectivity index (χ3v) is 3.63. The monoisotopic (exact) mass is 333 g/mol. The summed E-state index contributed by atoms with van der Waals surface area (Å²) in [5.41, 5.74) is 1.79. The van der Waals surface area contributed by atoms with Crippen molar-refractivity contribution >= 4 is 34.9 Å². The summed E-state index contributed by atoms with van der Waals surface area (Å²) in [5.74, 6) is 1.29. The van der Waals surface area contributed by atoms with Crippen LogP contribution in [0, 0.1) is 11.3 Å². The molecule has 0 atom stereocenters. The summed E-state index contributed by atoms with van der Waals surface area (Å²) in [5, 5.41) is 10.4. The van der Waals surface area contributed by atoms with Crippen LogP contribution in [-0.4, -0.2) is 14.2 Å². The second kappa shape index (κ2) is 7.22. The zero-order valence-corrected chi connectivity index (χ0v) is 13.6. The number of rotatable bonds is 4. The highest BCUT2D eigenvalue weighted by molar-refractivity contribution is 6.36. The van der Waals surface area contributed by atoms with Crippen molar-refractivity contribution in [1.82, 2.24) is 0 Å². The summed E-state index contributed by atoms with van der Waals surface area (Å²) in [6.45, 7) is 0. The van der Waals surface area contributed by atoms with E-state index in [1.54, 1.807) is 50.6 Å². The van der Waals surface area contributed by atoms with E-state index in [0.717, 1.165) is 5.56 Å². The normalized spacial score (nSPS) is 11.0. The van der Waals surface area contributed by atoms with Gasteiger partial charge in [-0.1, -0.05) is 29.3 Å². The summed E-state index contributed by atoms with van der Waals surface area (Å²) in [4.78, 5) is 0.